The van der Waals surface area contributed by atoms with Crippen LogP contribution in [0.2, 0.25) is 0 Å². The molecule has 0 aromatic heterocycles. The summed E-state index contributed by atoms with van der Waals surface area (Å²) in [5.74, 6) is 0. The van der Waals surface area contributed by atoms with Crippen LogP contribution in [-0.2, 0) is 0 Å². The maximum atomic E-state index is 3.47. The van der Waals surface area contributed by atoms with Crippen LogP contribution in [0.3, 0.4) is 0 Å². The van der Waals surface area contributed by atoms with E-state index < -0.39 is 0 Å². The molecule has 1 fully saturated rings. The minimum Gasteiger partial charge on any atom is -0.314 e. The monoisotopic (exact) mass is 294 g/mol. The van der Waals surface area contributed by atoms with Crippen molar-refractivity contribution in [3.05, 3.63) is 70.3 Å². The summed E-state index contributed by atoms with van der Waals surface area (Å²) >= 11 is 0. The molecule has 0 bridgehead atoms. The second-order valence-electron chi connectivity index (χ2n) is 6.41. The Hall–Kier alpha value is -1.64. The molecule has 0 saturated carbocycles. The summed E-state index contributed by atoms with van der Waals surface area (Å²) in [5.41, 5.74) is 7.05. The molecule has 1 atom stereocenters. The molecule has 0 spiro atoms. The van der Waals surface area contributed by atoms with Crippen molar-refractivity contribution in [1.29, 1.82) is 0 Å². The fourth-order valence-corrected chi connectivity index (χ4v) is 3.76. The Kier molecular flexibility index (Phi) is 4.60. The van der Waals surface area contributed by atoms with Gasteiger partial charge in [0.25, 0.3) is 0 Å². The number of benzene rings is 2. The molecule has 2 aromatic rings. The van der Waals surface area contributed by atoms with Crippen LogP contribution in [0, 0.1) is 20.8 Å². The van der Waals surface area contributed by atoms with Gasteiger partial charge in [-0.2, -0.15) is 0 Å². The van der Waals surface area contributed by atoms with Crippen LogP contribution in [0.1, 0.15) is 33.9 Å². The average Bonchev–Trinajstić information content (AvgIpc) is 2.52. The first-order valence-electron chi connectivity index (χ1n) is 8.24. The Balaban J connectivity index is 2.09. The van der Waals surface area contributed by atoms with Crippen LogP contribution >= 0.6 is 0 Å². The maximum absolute atomic E-state index is 3.47. The van der Waals surface area contributed by atoms with Crippen molar-refractivity contribution in [1.82, 2.24) is 10.2 Å². The molecule has 0 unspecified atom stereocenters. The zero-order chi connectivity index (χ0) is 15.5. The Bertz CT molecular complexity index is 604. The lowest BCUT2D eigenvalue weighted by atomic mass is 9.88. The number of rotatable bonds is 3. The van der Waals surface area contributed by atoms with Crippen LogP contribution in [0.4, 0.5) is 0 Å². The Morgan fingerprint density at radius 1 is 0.909 bits per heavy atom. The summed E-state index contributed by atoms with van der Waals surface area (Å²) in [6.07, 6.45) is 0. The summed E-state index contributed by atoms with van der Waals surface area (Å²) in [6, 6.07) is 16.0. The molecule has 22 heavy (non-hydrogen) atoms. The van der Waals surface area contributed by atoms with Crippen molar-refractivity contribution in [3.8, 4) is 0 Å². The van der Waals surface area contributed by atoms with E-state index in [0.717, 1.165) is 26.2 Å². The molecule has 0 aliphatic carbocycles. The van der Waals surface area contributed by atoms with Gasteiger partial charge in [-0.15, -0.1) is 0 Å². The fraction of sp³-hybridized carbons (Fsp3) is 0.400. The SMILES string of the molecule is Cc1cc(C)c([C@@H](c2ccccc2)N2CCNCC2)c(C)c1. The second-order valence-corrected chi connectivity index (χ2v) is 6.41. The minimum absolute atomic E-state index is 0.365. The summed E-state index contributed by atoms with van der Waals surface area (Å²) in [6.45, 7) is 11.1. The second kappa shape index (κ2) is 6.64. The molecule has 116 valence electrons. The van der Waals surface area contributed by atoms with Gasteiger partial charge in [-0.1, -0.05) is 48.0 Å². The lowest BCUT2D eigenvalue weighted by Crippen LogP contribution is -2.45. The van der Waals surface area contributed by atoms with Gasteiger partial charge in [-0.25, -0.2) is 0 Å². The smallest absolute Gasteiger partial charge is 0.0607 e. The van der Waals surface area contributed by atoms with Gasteiger partial charge in [0.15, 0.2) is 0 Å². The molecule has 0 radical (unpaired) electrons. The summed E-state index contributed by atoms with van der Waals surface area (Å²) in [7, 11) is 0. The van der Waals surface area contributed by atoms with Gasteiger partial charge >= 0.3 is 0 Å². The van der Waals surface area contributed by atoms with Crippen molar-refractivity contribution < 1.29 is 0 Å². The van der Waals surface area contributed by atoms with Crippen LogP contribution in [0.25, 0.3) is 0 Å². The minimum atomic E-state index is 0.365. The van der Waals surface area contributed by atoms with E-state index in [0.29, 0.717) is 6.04 Å². The lowest BCUT2D eigenvalue weighted by Gasteiger charge is -2.37. The first-order valence-corrected chi connectivity index (χ1v) is 8.24. The highest BCUT2D eigenvalue weighted by atomic mass is 15.2. The summed E-state index contributed by atoms with van der Waals surface area (Å²) in [5, 5.41) is 3.47. The molecule has 1 aliphatic heterocycles. The molecule has 2 heteroatoms. The van der Waals surface area contributed by atoms with E-state index >= 15 is 0 Å². The highest BCUT2D eigenvalue weighted by Gasteiger charge is 2.26. The van der Waals surface area contributed by atoms with E-state index in [-0.39, 0.29) is 0 Å². The lowest BCUT2D eigenvalue weighted by molar-refractivity contribution is 0.197. The van der Waals surface area contributed by atoms with E-state index in [4.69, 9.17) is 0 Å². The maximum Gasteiger partial charge on any atom is 0.0607 e. The van der Waals surface area contributed by atoms with Crippen molar-refractivity contribution in [2.45, 2.75) is 26.8 Å². The van der Waals surface area contributed by atoms with Crippen LogP contribution in [0.15, 0.2) is 42.5 Å². The average molecular weight is 294 g/mol. The third-order valence-corrected chi connectivity index (χ3v) is 4.64. The molecule has 0 amide bonds. The molecule has 1 N–H and O–H groups in total. The number of nitrogens with one attached hydrogen (secondary N) is 1. The molecule has 3 rings (SSSR count). The van der Waals surface area contributed by atoms with Crippen molar-refractivity contribution in [3.63, 3.8) is 0 Å². The number of hydrogen-bond donors (Lipinski definition) is 1. The van der Waals surface area contributed by atoms with Crippen molar-refractivity contribution >= 4 is 0 Å². The first-order chi connectivity index (χ1) is 10.7. The molecular formula is C20H26N2. The third-order valence-electron chi connectivity index (χ3n) is 4.64. The third kappa shape index (κ3) is 3.08. The predicted octanol–water partition coefficient (Wildman–Crippen LogP) is 3.61. The highest BCUT2D eigenvalue weighted by Crippen LogP contribution is 2.33. The Labute approximate surface area is 134 Å². The number of nitrogens with zero attached hydrogens (tertiary/aromatic N) is 1. The topological polar surface area (TPSA) is 15.3 Å². The van der Waals surface area contributed by atoms with E-state index in [2.05, 4.69) is 73.5 Å². The van der Waals surface area contributed by atoms with Gasteiger partial charge in [0.2, 0.25) is 0 Å². The van der Waals surface area contributed by atoms with Gasteiger partial charge in [-0.3, -0.25) is 4.90 Å². The molecule has 1 saturated heterocycles. The predicted molar refractivity (Wildman–Crippen MR) is 93.4 cm³/mol. The molecular weight excluding hydrogens is 268 g/mol. The van der Waals surface area contributed by atoms with Gasteiger partial charge in [0.1, 0.15) is 0 Å². The number of piperazine rings is 1. The van der Waals surface area contributed by atoms with Crippen LogP contribution < -0.4 is 5.32 Å². The Morgan fingerprint density at radius 2 is 1.50 bits per heavy atom. The fourth-order valence-electron chi connectivity index (χ4n) is 3.76. The van der Waals surface area contributed by atoms with Gasteiger partial charge < -0.3 is 5.32 Å². The van der Waals surface area contributed by atoms with E-state index in [1.165, 1.54) is 27.8 Å². The normalized spacial score (nSPS) is 17.4. The quantitative estimate of drug-likeness (QED) is 0.930. The molecule has 1 aliphatic rings. The standard InChI is InChI=1S/C20H26N2/c1-15-13-16(2)19(17(3)14-15)20(18-7-5-4-6-8-18)22-11-9-21-10-12-22/h4-8,13-14,20-21H,9-12H2,1-3H3/t20-/m1/s1. The first kappa shape index (κ1) is 15.3. The number of aryl methyl sites for hydroxylation is 3. The largest absolute Gasteiger partial charge is 0.314 e. The zero-order valence-corrected chi connectivity index (χ0v) is 13.9. The van der Waals surface area contributed by atoms with Gasteiger partial charge in [-0.05, 0) is 43.0 Å². The van der Waals surface area contributed by atoms with Crippen LogP contribution in [0.5, 0.6) is 0 Å². The van der Waals surface area contributed by atoms with Crippen molar-refractivity contribution in [2.75, 3.05) is 26.2 Å². The van der Waals surface area contributed by atoms with Gasteiger partial charge in [0, 0.05) is 26.2 Å². The van der Waals surface area contributed by atoms with E-state index in [9.17, 15) is 0 Å². The van der Waals surface area contributed by atoms with Crippen molar-refractivity contribution in [2.24, 2.45) is 0 Å². The summed E-state index contributed by atoms with van der Waals surface area (Å²) in [4.78, 5) is 2.62. The van der Waals surface area contributed by atoms with Gasteiger partial charge in [0.05, 0.1) is 6.04 Å². The molecule has 1 heterocycles. The van der Waals surface area contributed by atoms with E-state index in [1.54, 1.807) is 0 Å². The molecule has 2 nitrogen and oxygen atoms in total. The van der Waals surface area contributed by atoms with E-state index in [1.807, 2.05) is 0 Å². The molecule has 2 aromatic carbocycles. The highest BCUT2D eigenvalue weighted by molar-refractivity contribution is 5.44. The zero-order valence-electron chi connectivity index (χ0n) is 13.9. The Morgan fingerprint density at radius 3 is 2.09 bits per heavy atom. The summed E-state index contributed by atoms with van der Waals surface area (Å²) < 4.78 is 0. The van der Waals surface area contributed by atoms with Crippen LogP contribution in [-0.4, -0.2) is 31.1 Å². The number of hydrogen-bond acceptors (Lipinski definition) is 2.